The zero-order valence-corrected chi connectivity index (χ0v) is 15.3. The first-order valence-corrected chi connectivity index (χ1v) is 9.04. The molecule has 0 unspecified atom stereocenters. The molecule has 8 nitrogen and oxygen atoms in total. The number of amides is 1. The van der Waals surface area contributed by atoms with Gasteiger partial charge in [-0.3, -0.25) is 4.79 Å². The van der Waals surface area contributed by atoms with Crippen LogP contribution in [0.2, 0.25) is 0 Å². The molecule has 1 saturated heterocycles. The zero-order chi connectivity index (χ0) is 18.6. The first-order valence-electron chi connectivity index (χ1n) is 9.04. The Labute approximate surface area is 157 Å². The number of anilines is 1. The van der Waals surface area contributed by atoms with Crippen LogP contribution in [0.1, 0.15) is 6.42 Å². The van der Waals surface area contributed by atoms with Gasteiger partial charge in [0.25, 0.3) is 0 Å². The van der Waals surface area contributed by atoms with Crippen LogP contribution in [-0.2, 0) is 11.3 Å². The summed E-state index contributed by atoms with van der Waals surface area (Å²) in [5, 5.41) is 0. The van der Waals surface area contributed by atoms with E-state index in [4.69, 9.17) is 4.74 Å². The topological polar surface area (TPSA) is 76.4 Å². The van der Waals surface area contributed by atoms with Crippen molar-refractivity contribution >= 4 is 22.9 Å². The Hall–Kier alpha value is -3.16. The maximum Gasteiger partial charge on any atom is 0.228 e. The van der Waals surface area contributed by atoms with Crippen molar-refractivity contribution in [1.29, 1.82) is 0 Å². The molecule has 0 N–H and O–H groups in total. The molecule has 27 heavy (non-hydrogen) atoms. The minimum atomic E-state index is 0.166. The summed E-state index contributed by atoms with van der Waals surface area (Å²) in [6, 6.07) is 9.69. The van der Waals surface area contributed by atoms with Gasteiger partial charge in [-0.25, -0.2) is 9.97 Å². The molecule has 1 aromatic carbocycles. The predicted octanol–water partition coefficient (Wildman–Crippen LogP) is 1.57. The van der Waals surface area contributed by atoms with Crippen molar-refractivity contribution in [2.75, 3.05) is 38.2 Å². The zero-order valence-electron chi connectivity index (χ0n) is 15.3. The molecule has 0 atom stereocenters. The average molecular weight is 366 g/mol. The van der Waals surface area contributed by atoms with E-state index in [9.17, 15) is 4.79 Å². The van der Waals surface area contributed by atoms with Crippen LogP contribution in [0.3, 0.4) is 0 Å². The van der Waals surface area contributed by atoms with E-state index in [1.807, 2.05) is 33.7 Å². The van der Waals surface area contributed by atoms with E-state index in [1.165, 1.54) is 0 Å². The molecular formula is C19H22N6O2. The van der Waals surface area contributed by atoms with E-state index >= 15 is 0 Å². The van der Waals surface area contributed by atoms with Gasteiger partial charge in [0, 0.05) is 51.4 Å². The molecule has 2 aromatic heterocycles. The Morgan fingerprint density at radius 1 is 1.11 bits per heavy atom. The fourth-order valence-electron chi connectivity index (χ4n) is 3.32. The first kappa shape index (κ1) is 17.3. The average Bonchev–Trinajstić information content (AvgIpc) is 3.15. The number of ether oxygens (including phenoxy) is 1. The largest absolute Gasteiger partial charge is 0.481 e. The number of piperazine rings is 1. The Balaban J connectivity index is 1.32. The number of aryl methyl sites for hydroxylation is 1. The number of rotatable bonds is 5. The second kappa shape index (κ2) is 7.61. The third-order valence-corrected chi connectivity index (χ3v) is 4.84. The number of methoxy groups -OCH3 is 1. The molecule has 3 heterocycles. The molecule has 0 radical (unpaired) electrons. The van der Waals surface area contributed by atoms with E-state index in [2.05, 4.69) is 19.9 Å². The van der Waals surface area contributed by atoms with E-state index in [0.29, 0.717) is 51.0 Å². The Kier molecular flexibility index (Phi) is 4.86. The summed E-state index contributed by atoms with van der Waals surface area (Å²) in [5.74, 6) is 1.36. The van der Waals surface area contributed by atoms with Gasteiger partial charge in [0.1, 0.15) is 0 Å². The van der Waals surface area contributed by atoms with Crippen molar-refractivity contribution in [3.63, 3.8) is 0 Å². The number of fused-ring (bicyclic) bond motifs is 1. The highest BCUT2D eigenvalue weighted by Crippen LogP contribution is 2.16. The van der Waals surface area contributed by atoms with Crippen molar-refractivity contribution in [3.05, 3.63) is 42.9 Å². The predicted molar refractivity (Wildman–Crippen MR) is 102 cm³/mol. The van der Waals surface area contributed by atoms with Crippen molar-refractivity contribution in [3.8, 4) is 5.88 Å². The van der Waals surface area contributed by atoms with Gasteiger partial charge in [-0.2, -0.15) is 4.98 Å². The number of aromatic nitrogens is 4. The Morgan fingerprint density at radius 3 is 2.74 bits per heavy atom. The number of nitrogens with zero attached hydrogens (tertiary/aromatic N) is 6. The third kappa shape index (κ3) is 3.69. The monoisotopic (exact) mass is 366 g/mol. The van der Waals surface area contributed by atoms with Gasteiger partial charge < -0.3 is 19.1 Å². The second-order valence-electron chi connectivity index (χ2n) is 6.44. The lowest BCUT2D eigenvalue weighted by atomic mass is 10.2. The summed E-state index contributed by atoms with van der Waals surface area (Å²) >= 11 is 0. The molecule has 0 aliphatic carbocycles. The van der Waals surface area contributed by atoms with Crippen molar-refractivity contribution < 1.29 is 9.53 Å². The lowest BCUT2D eigenvalue weighted by Gasteiger charge is -2.34. The molecule has 0 saturated carbocycles. The Bertz CT molecular complexity index is 933. The minimum Gasteiger partial charge on any atom is -0.481 e. The first-order chi connectivity index (χ1) is 13.2. The SMILES string of the molecule is COc1ccnc(N2CCN(C(=O)CCn3cnc4ccccc43)CC2)n1. The van der Waals surface area contributed by atoms with E-state index in [0.717, 1.165) is 11.0 Å². The smallest absolute Gasteiger partial charge is 0.228 e. The van der Waals surface area contributed by atoms with Gasteiger partial charge in [-0.05, 0) is 12.1 Å². The summed E-state index contributed by atoms with van der Waals surface area (Å²) in [6.07, 6.45) is 3.96. The highest BCUT2D eigenvalue weighted by molar-refractivity contribution is 5.77. The molecule has 0 bridgehead atoms. The molecule has 1 amide bonds. The van der Waals surface area contributed by atoms with Crippen molar-refractivity contribution in [2.45, 2.75) is 13.0 Å². The highest BCUT2D eigenvalue weighted by Gasteiger charge is 2.22. The van der Waals surface area contributed by atoms with Gasteiger partial charge in [-0.15, -0.1) is 0 Å². The van der Waals surface area contributed by atoms with Crippen LogP contribution in [-0.4, -0.2) is 63.6 Å². The van der Waals surface area contributed by atoms with Crippen LogP contribution in [0.4, 0.5) is 5.95 Å². The quantitative estimate of drug-likeness (QED) is 0.682. The van der Waals surface area contributed by atoms with E-state index in [-0.39, 0.29) is 5.91 Å². The maximum absolute atomic E-state index is 12.6. The third-order valence-electron chi connectivity index (χ3n) is 4.84. The van der Waals surface area contributed by atoms with Gasteiger partial charge >= 0.3 is 0 Å². The van der Waals surface area contributed by atoms with E-state index in [1.54, 1.807) is 25.7 Å². The van der Waals surface area contributed by atoms with Crippen molar-refractivity contribution in [2.24, 2.45) is 0 Å². The van der Waals surface area contributed by atoms with Crippen LogP contribution in [0.15, 0.2) is 42.9 Å². The summed E-state index contributed by atoms with van der Waals surface area (Å²) in [4.78, 5) is 29.6. The summed E-state index contributed by atoms with van der Waals surface area (Å²) in [7, 11) is 1.59. The molecule has 1 aliphatic heterocycles. The molecular weight excluding hydrogens is 344 g/mol. The number of carbonyl (C=O) groups is 1. The highest BCUT2D eigenvalue weighted by atomic mass is 16.5. The molecule has 1 aliphatic rings. The Morgan fingerprint density at radius 2 is 1.93 bits per heavy atom. The fraction of sp³-hybridized carbons (Fsp3) is 0.368. The van der Waals surface area contributed by atoms with Gasteiger partial charge in [0.2, 0.25) is 17.7 Å². The van der Waals surface area contributed by atoms with Crippen LogP contribution in [0.25, 0.3) is 11.0 Å². The number of benzene rings is 1. The van der Waals surface area contributed by atoms with Crippen LogP contribution < -0.4 is 9.64 Å². The normalized spacial score (nSPS) is 14.6. The lowest BCUT2D eigenvalue weighted by molar-refractivity contribution is -0.131. The van der Waals surface area contributed by atoms with Crippen LogP contribution >= 0.6 is 0 Å². The minimum absolute atomic E-state index is 0.166. The number of carbonyl (C=O) groups excluding carboxylic acids is 1. The maximum atomic E-state index is 12.6. The number of imidazole rings is 1. The molecule has 3 aromatic rings. The van der Waals surface area contributed by atoms with Gasteiger partial charge in [-0.1, -0.05) is 12.1 Å². The summed E-state index contributed by atoms with van der Waals surface area (Å²) in [5.41, 5.74) is 2.02. The standard InChI is InChI=1S/C19H22N6O2/c1-27-17-6-8-20-19(22-17)24-12-10-23(11-13-24)18(26)7-9-25-14-21-15-4-2-3-5-16(15)25/h2-6,8,14H,7,9-13H2,1H3. The number of hydrogen-bond donors (Lipinski definition) is 0. The van der Waals surface area contributed by atoms with E-state index < -0.39 is 0 Å². The number of hydrogen-bond acceptors (Lipinski definition) is 6. The molecule has 1 fully saturated rings. The molecule has 140 valence electrons. The fourth-order valence-corrected chi connectivity index (χ4v) is 3.32. The lowest BCUT2D eigenvalue weighted by Crippen LogP contribution is -2.49. The van der Waals surface area contributed by atoms with Crippen LogP contribution in [0, 0.1) is 0 Å². The second-order valence-corrected chi connectivity index (χ2v) is 6.44. The summed E-state index contributed by atoms with van der Waals surface area (Å²) in [6.45, 7) is 3.41. The molecule has 8 heteroatoms. The summed E-state index contributed by atoms with van der Waals surface area (Å²) < 4.78 is 7.19. The molecule has 0 spiro atoms. The van der Waals surface area contributed by atoms with Gasteiger partial charge in [0.15, 0.2) is 0 Å². The van der Waals surface area contributed by atoms with Crippen LogP contribution in [0.5, 0.6) is 5.88 Å². The van der Waals surface area contributed by atoms with Gasteiger partial charge in [0.05, 0.1) is 24.5 Å². The molecule has 4 rings (SSSR count). The van der Waals surface area contributed by atoms with Crippen molar-refractivity contribution in [1.82, 2.24) is 24.4 Å². The number of para-hydroxylation sites is 2.